The zero-order chi connectivity index (χ0) is 17.5. The summed E-state index contributed by atoms with van der Waals surface area (Å²) in [5, 5.41) is 5.48. The minimum Gasteiger partial charge on any atom is -0.338 e. The Morgan fingerprint density at radius 2 is 2.04 bits per heavy atom. The molecule has 1 aromatic heterocycles. The molecule has 2 aromatic carbocycles. The zero-order valence-corrected chi connectivity index (χ0v) is 14.6. The molecular formula is C20H24N4O. The average molecular weight is 336 g/mol. The summed E-state index contributed by atoms with van der Waals surface area (Å²) in [5.74, 6) is 0. The van der Waals surface area contributed by atoms with Crippen LogP contribution in [0.4, 0.5) is 4.79 Å². The van der Waals surface area contributed by atoms with Crippen LogP contribution in [0.2, 0.25) is 0 Å². The van der Waals surface area contributed by atoms with Crippen molar-refractivity contribution in [3.63, 3.8) is 0 Å². The molecule has 3 aromatic rings. The van der Waals surface area contributed by atoms with Crippen molar-refractivity contribution in [2.75, 3.05) is 20.1 Å². The third kappa shape index (κ3) is 4.59. The van der Waals surface area contributed by atoms with Gasteiger partial charge in [0.1, 0.15) is 0 Å². The van der Waals surface area contributed by atoms with Crippen LogP contribution >= 0.6 is 0 Å². The molecule has 5 heteroatoms. The van der Waals surface area contributed by atoms with Crippen LogP contribution < -0.4 is 5.32 Å². The maximum atomic E-state index is 12.2. The molecule has 0 aliphatic heterocycles. The molecule has 0 saturated heterocycles. The lowest BCUT2D eigenvalue weighted by Gasteiger charge is -2.18. The minimum absolute atomic E-state index is 0.0223. The van der Waals surface area contributed by atoms with Crippen molar-refractivity contribution in [2.24, 2.45) is 0 Å². The van der Waals surface area contributed by atoms with Crippen molar-refractivity contribution in [1.82, 2.24) is 19.8 Å². The van der Waals surface area contributed by atoms with Crippen molar-refractivity contribution < 1.29 is 4.79 Å². The maximum absolute atomic E-state index is 12.2. The summed E-state index contributed by atoms with van der Waals surface area (Å²) in [6.45, 7) is 2.22. The van der Waals surface area contributed by atoms with E-state index in [2.05, 4.69) is 52.8 Å². The number of imidazole rings is 1. The first kappa shape index (κ1) is 17.0. The number of fused-ring (bicyclic) bond motifs is 1. The van der Waals surface area contributed by atoms with E-state index in [0.29, 0.717) is 13.1 Å². The number of aryl methyl sites for hydroxylation is 1. The number of hydrogen-bond acceptors (Lipinski definition) is 2. The van der Waals surface area contributed by atoms with Crippen molar-refractivity contribution >= 4 is 16.8 Å². The maximum Gasteiger partial charge on any atom is 0.317 e. The van der Waals surface area contributed by atoms with Crippen molar-refractivity contribution in [1.29, 1.82) is 0 Å². The van der Waals surface area contributed by atoms with E-state index in [-0.39, 0.29) is 6.03 Å². The summed E-state index contributed by atoms with van der Waals surface area (Å²) >= 11 is 0. The molecule has 3 rings (SSSR count). The summed E-state index contributed by atoms with van der Waals surface area (Å²) in [6, 6.07) is 14.7. The highest BCUT2D eigenvalue weighted by molar-refractivity contribution is 5.85. The second kappa shape index (κ2) is 8.33. The van der Waals surface area contributed by atoms with E-state index < -0.39 is 0 Å². The normalized spacial score (nSPS) is 10.8. The van der Waals surface area contributed by atoms with Gasteiger partial charge in [0.15, 0.2) is 0 Å². The lowest BCUT2D eigenvalue weighted by molar-refractivity contribution is 0.209. The number of carbonyl (C=O) groups is 1. The molecular weight excluding hydrogens is 312 g/mol. The van der Waals surface area contributed by atoms with E-state index in [1.54, 1.807) is 17.4 Å². The van der Waals surface area contributed by atoms with Crippen LogP contribution in [0.15, 0.2) is 61.2 Å². The van der Waals surface area contributed by atoms with E-state index in [9.17, 15) is 4.79 Å². The Labute approximate surface area is 148 Å². The van der Waals surface area contributed by atoms with Crippen LogP contribution in [0.1, 0.15) is 12.0 Å². The molecule has 0 unspecified atom stereocenters. The van der Waals surface area contributed by atoms with Gasteiger partial charge in [0.25, 0.3) is 0 Å². The van der Waals surface area contributed by atoms with E-state index >= 15 is 0 Å². The quantitative estimate of drug-likeness (QED) is 0.673. The van der Waals surface area contributed by atoms with Crippen LogP contribution in [0.5, 0.6) is 0 Å². The van der Waals surface area contributed by atoms with Gasteiger partial charge in [-0.2, -0.15) is 0 Å². The molecule has 1 N–H and O–H groups in total. The van der Waals surface area contributed by atoms with Crippen molar-refractivity contribution in [2.45, 2.75) is 19.4 Å². The fourth-order valence-electron chi connectivity index (χ4n) is 2.91. The Morgan fingerprint density at radius 3 is 2.88 bits per heavy atom. The van der Waals surface area contributed by atoms with Gasteiger partial charge in [-0.3, -0.25) is 0 Å². The molecule has 0 bridgehead atoms. The summed E-state index contributed by atoms with van der Waals surface area (Å²) < 4.78 is 2.01. The molecule has 0 fully saturated rings. The van der Waals surface area contributed by atoms with Gasteiger partial charge in [0.2, 0.25) is 0 Å². The number of urea groups is 1. The van der Waals surface area contributed by atoms with Crippen molar-refractivity contribution in [3.05, 3.63) is 66.7 Å². The molecule has 0 saturated carbocycles. The Hall–Kier alpha value is -2.82. The number of likely N-dealkylation sites (N-methyl/N-ethyl adjacent to an activating group) is 1. The third-order valence-electron chi connectivity index (χ3n) is 4.37. The number of nitrogens with one attached hydrogen (secondary N) is 1. The minimum atomic E-state index is -0.0223. The Morgan fingerprint density at radius 1 is 1.20 bits per heavy atom. The first-order valence-corrected chi connectivity index (χ1v) is 8.65. The smallest absolute Gasteiger partial charge is 0.317 e. The molecule has 0 spiro atoms. The highest BCUT2D eigenvalue weighted by atomic mass is 16.2. The monoisotopic (exact) mass is 336 g/mol. The van der Waals surface area contributed by atoms with Gasteiger partial charge in [-0.25, -0.2) is 9.78 Å². The van der Waals surface area contributed by atoms with E-state index in [4.69, 9.17) is 0 Å². The Balaban J connectivity index is 1.45. The Kier molecular flexibility index (Phi) is 5.67. The van der Waals surface area contributed by atoms with Gasteiger partial charge in [-0.1, -0.05) is 42.5 Å². The second-order valence-electron chi connectivity index (χ2n) is 6.20. The fourth-order valence-corrected chi connectivity index (χ4v) is 2.91. The van der Waals surface area contributed by atoms with Crippen LogP contribution in [-0.4, -0.2) is 40.6 Å². The highest BCUT2D eigenvalue weighted by Crippen LogP contribution is 2.18. The first-order valence-electron chi connectivity index (χ1n) is 8.65. The van der Waals surface area contributed by atoms with E-state index in [0.717, 1.165) is 19.4 Å². The van der Waals surface area contributed by atoms with E-state index in [1.165, 1.54) is 16.3 Å². The van der Waals surface area contributed by atoms with Gasteiger partial charge in [-0.15, -0.1) is 0 Å². The highest BCUT2D eigenvalue weighted by Gasteiger charge is 2.08. The number of rotatable bonds is 7. The Bertz CT molecular complexity index is 808. The number of amides is 2. The molecule has 2 amide bonds. The van der Waals surface area contributed by atoms with Gasteiger partial charge < -0.3 is 14.8 Å². The predicted molar refractivity (Wildman–Crippen MR) is 101 cm³/mol. The largest absolute Gasteiger partial charge is 0.338 e. The molecule has 0 aliphatic carbocycles. The third-order valence-corrected chi connectivity index (χ3v) is 4.37. The first-order chi connectivity index (χ1) is 12.2. The molecule has 0 radical (unpaired) electrons. The summed E-state index contributed by atoms with van der Waals surface area (Å²) in [5.41, 5.74) is 1.28. The topological polar surface area (TPSA) is 50.2 Å². The van der Waals surface area contributed by atoms with Crippen molar-refractivity contribution in [3.8, 4) is 0 Å². The zero-order valence-electron chi connectivity index (χ0n) is 14.6. The lowest BCUT2D eigenvalue weighted by Crippen LogP contribution is -2.39. The van der Waals surface area contributed by atoms with Gasteiger partial charge in [-0.05, 0) is 29.2 Å². The average Bonchev–Trinajstić information content (AvgIpc) is 3.16. The molecule has 130 valence electrons. The van der Waals surface area contributed by atoms with E-state index in [1.807, 2.05) is 17.8 Å². The van der Waals surface area contributed by atoms with Gasteiger partial charge >= 0.3 is 6.03 Å². The molecule has 5 nitrogen and oxygen atoms in total. The summed E-state index contributed by atoms with van der Waals surface area (Å²) in [7, 11) is 1.84. The summed E-state index contributed by atoms with van der Waals surface area (Å²) in [6.07, 6.45) is 7.22. The number of aromatic nitrogens is 2. The number of benzene rings is 2. The second-order valence-corrected chi connectivity index (χ2v) is 6.20. The van der Waals surface area contributed by atoms with Crippen LogP contribution in [0.25, 0.3) is 10.8 Å². The lowest BCUT2D eigenvalue weighted by atomic mass is 10.0. The van der Waals surface area contributed by atoms with Crippen LogP contribution in [-0.2, 0) is 13.0 Å². The standard InChI is InChI=1S/C20H24N4O/c1-23(20(25)22-11-5-13-24-15-12-21-16-24)14-10-18-8-4-7-17-6-2-3-9-19(17)18/h2-4,6-9,12,15-16H,5,10-11,13-14H2,1H3,(H,22,25). The fraction of sp³-hybridized carbons (Fsp3) is 0.300. The molecule has 1 heterocycles. The number of carbonyl (C=O) groups excluding carboxylic acids is 1. The molecule has 0 aliphatic rings. The van der Waals surface area contributed by atoms with Gasteiger partial charge in [0.05, 0.1) is 6.33 Å². The number of nitrogens with zero attached hydrogens (tertiary/aromatic N) is 3. The van der Waals surface area contributed by atoms with Gasteiger partial charge in [0, 0.05) is 39.1 Å². The molecule has 25 heavy (non-hydrogen) atoms. The predicted octanol–water partition coefficient (Wildman–Crippen LogP) is 3.31. The summed E-state index contributed by atoms with van der Waals surface area (Å²) in [4.78, 5) is 17.9. The number of hydrogen-bond donors (Lipinski definition) is 1. The molecule has 0 atom stereocenters. The van der Waals surface area contributed by atoms with Crippen LogP contribution in [0, 0.1) is 0 Å². The van der Waals surface area contributed by atoms with Crippen LogP contribution in [0.3, 0.4) is 0 Å². The SMILES string of the molecule is CN(CCc1cccc2ccccc12)C(=O)NCCCn1ccnc1.